The number of hydrogen-bond acceptors (Lipinski definition) is 4. The van der Waals surface area contributed by atoms with Crippen molar-refractivity contribution in [2.45, 2.75) is 20.0 Å². The van der Waals surface area contributed by atoms with Crippen molar-refractivity contribution < 1.29 is 19.7 Å². The predicted octanol–water partition coefficient (Wildman–Crippen LogP) is 3.04. The Balaban J connectivity index is 2.36. The van der Waals surface area contributed by atoms with Crippen LogP contribution in [0, 0.1) is 5.41 Å². The fraction of sp³-hybridized carbons (Fsp3) is 0.333. The second-order valence-corrected chi connectivity index (χ2v) is 5.85. The van der Waals surface area contributed by atoms with Crippen LogP contribution in [0.25, 0.3) is 17.0 Å². The van der Waals surface area contributed by atoms with Crippen LogP contribution in [0.5, 0.6) is 0 Å². The number of aliphatic hydroxyl groups excluding tert-OH is 1. The number of carboxylic acid groups (broad SMARTS) is 1. The SMILES string of the molecule is COCC(C)(/C=C/c1ccc2ccc([C@@H](C)O)nc2c1)C(=O)O. The molecule has 23 heavy (non-hydrogen) atoms. The molecule has 0 aliphatic rings. The number of pyridine rings is 1. The lowest BCUT2D eigenvalue weighted by atomic mass is 9.90. The average Bonchev–Trinajstić information content (AvgIpc) is 2.52. The smallest absolute Gasteiger partial charge is 0.315 e. The molecular formula is C18H21NO4. The number of nitrogens with zero attached hydrogens (tertiary/aromatic N) is 1. The normalized spacial score (nSPS) is 15.7. The Kier molecular flexibility index (Phi) is 5.13. The zero-order valence-electron chi connectivity index (χ0n) is 13.5. The highest BCUT2D eigenvalue weighted by molar-refractivity contribution is 5.82. The molecule has 122 valence electrons. The Hall–Kier alpha value is -2.24. The first-order chi connectivity index (χ1) is 10.9. The third-order valence-electron chi connectivity index (χ3n) is 3.74. The summed E-state index contributed by atoms with van der Waals surface area (Å²) in [6.07, 6.45) is 2.75. The van der Waals surface area contributed by atoms with Crippen LogP contribution in [0.3, 0.4) is 0 Å². The molecule has 0 amide bonds. The number of hydrogen-bond donors (Lipinski definition) is 2. The third kappa shape index (κ3) is 3.94. The van der Waals surface area contributed by atoms with Crippen LogP contribution in [0.2, 0.25) is 0 Å². The Bertz CT molecular complexity index is 739. The first kappa shape index (κ1) is 17.1. The van der Waals surface area contributed by atoms with Gasteiger partial charge in [-0.2, -0.15) is 0 Å². The molecule has 1 aromatic heterocycles. The highest BCUT2D eigenvalue weighted by Gasteiger charge is 2.29. The summed E-state index contributed by atoms with van der Waals surface area (Å²) in [5, 5.41) is 19.9. The third-order valence-corrected chi connectivity index (χ3v) is 3.74. The summed E-state index contributed by atoms with van der Waals surface area (Å²) in [5.74, 6) is -0.939. The van der Waals surface area contributed by atoms with Crippen molar-refractivity contribution in [1.82, 2.24) is 4.98 Å². The molecule has 1 unspecified atom stereocenters. The van der Waals surface area contributed by atoms with Crippen molar-refractivity contribution in [2.24, 2.45) is 5.41 Å². The summed E-state index contributed by atoms with van der Waals surface area (Å²) in [6, 6.07) is 9.39. The fourth-order valence-electron chi connectivity index (χ4n) is 2.25. The van der Waals surface area contributed by atoms with Crippen molar-refractivity contribution in [1.29, 1.82) is 0 Å². The molecule has 2 rings (SSSR count). The maximum absolute atomic E-state index is 11.4. The van der Waals surface area contributed by atoms with Crippen LogP contribution < -0.4 is 0 Å². The lowest BCUT2D eigenvalue weighted by molar-refractivity contribution is -0.147. The summed E-state index contributed by atoms with van der Waals surface area (Å²) >= 11 is 0. The van der Waals surface area contributed by atoms with Crippen molar-refractivity contribution in [2.75, 3.05) is 13.7 Å². The maximum Gasteiger partial charge on any atom is 0.315 e. The van der Waals surface area contributed by atoms with Gasteiger partial charge in [0.05, 0.1) is 23.9 Å². The van der Waals surface area contributed by atoms with E-state index in [-0.39, 0.29) is 6.61 Å². The number of fused-ring (bicyclic) bond motifs is 1. The van der Waals surface area contributed by atoms with E-state index in [0.29, 0.717) is 5.69 Å². The topological polar surface area (TPSA) is 79.7 Å². The lowest BCUT2D eigenvalue weighted by Gasteiger charge is -2.19. The minimum Gasteiger partial charge on any atom is -0.481 e. The minimum absolute atomic E-state index is 0.0941. The molecule has 0 bridgehead atoms. The van der Waals surface area contributed by atoms with Gasteiger partial charge >= 0.3 is 5.97 Å². The number of aliphatic carboxylic acids is 1. The molecule has 0 aliphatic heterocycles. The van der Waals surface area contributed by atoms with Gasteiger partial charge in [0.15, 0.2) is 0 Å². The van der Waals surface area contributed by atoms with E-state index in [0.717, 1.165) is 16.5 Å². The first-order valence-corrected chi connectivity index (χ1v) is 7.36. The van der Waals surface area contributed by atoms with E-state index in [4.69, 9.17) is 4.74 Å². The van der Waals surface area contributed by atoms with E-state index in [1.165, 1.54) is 7.11 Å². The Morgan fingerprint density at radius 1 is 1.39 bits per heavy atom. The highest BCUT2D eigenvalue weighted by atomic mass is 16.5. The van der Waals surface area contributed by atoms with Gasteiger partial charge in [-0.15, -0.1) is 0 Å². The Morgan fingerprint density at radius 3 is 2.70 bits per heavy atom. The molecular weight excluding hydrogens is 294 g/mol. The van der Waals surface area contributed by atoms with E-state index in [1.54, 1.807) is 32.1 Å². The van der Waals surface area contributed by atoms with Gasteiger partial charge in [0.2, 0.25) is 0 Å². The summed E-state index contributed by atoms with van der Waals surface area (Å²) in [7, 11) is 1.48. The Labute approximate surface area is 135 Å². The first-order valence-electron chi connectivity index (χ1n) is 7.36. The van der Waals surface area contributed by atoms with Gasteiger partial charge in [0.1, 0.15) is 5.41 Å². The van der Waals surface area contributed by atoms with Gasteiger partial charge in [-0.1, -0.05) is 30.4 Å². The molecule has 0 saturated carbocycles. The number of aliphatic hydroxyl groups is 1. The monoisotopic (exact) mass is 315 g/mol. The highest BCUT2D eigenvalue weighted by Crippen LogP contribution is 2.23. The van der Waals surface area contributed by atoms with Crippen LogP contribution >= 0.6 is 0 Å². The average molecular weight is 315 g/mol. The predicted molar refractivity (Wildman–Crippen MR) is 89.0 cm³/mol. The van der Waals surface area contributed by atoms with Crippen LogP contribution in [0.4, 0.5) is 0 Å². The van der Waals surface area contributed by atoms with Gasteiger partial charge in [-0.05, 0) is 31.5 Å². The van der Waals surface area contributed by atoms with Crippen LogP contribution in [0.15, 0.2) is 36.4 Å². The van der Waals surface area contributed by atoms with Crippen molar-refractivity contribution >= 4 is 22.9 Å². The molecule has 1 aromatic carbocycles. The summed E-state index contributed by atoms with van der Waals surface area (Å²) in [6.45, 7) is 3.37. The van der Waals surface area contributed by atoms with Crippen LogP contribution in [-0.2, 0) is 9.53 Å². The van der Waals surface area contributed by atoms with Gasteiger partial charge < -0.3 is 14.9 Å². The molecule has 1 heterocycles. The van der Waals surface area contributed by atoms with Crippen LogP contribution in [0.1, 0.15) is 31.2 Å². The van der Waals surface area contributed by atoms with Gasteiger partial charge in [0.25, 0.3) is 0 Å². The van der Waals surface area contributed by atoms with Gasteiger partial charge in [0, 0.05) is 12.5 Å². The van der Waals surface area contributed by atoms with E-state index < -0.39 is 17.5 Å². The maximum atomic E-state index is 11.4. The van der Waals surface area contributed by atoms with Gasteiger partial charge in [-0.25, -0.2) is 0 Å². The molecule has 5 nitrogen and oxygen atoms in total. The van der Waals surface area contributed by atoms with E-state index in [2.05, 4.69) is 4.98 Å². The molecule has 2 atom stereocenters. The number of rotatable bonds is 6. The molecule has 2 aromatic rings. The molecule has 0 aliphatic carbocycles. The molecule has 0 saturated heterocycles. The molecule has 0 fully saturated rings. The number of benzene rings is 1. The summed E-state index contributed by atoms with van der Waals surface area (Å²) in [5.41, 5.74) is 1.12. The van der Waals surface area contributed by atoms with Crippen molar-refractivity contribution in [3.05, 3.63) is 47.7 Å². The van der Waals surface area contributed by atoms with Crippen molar-refractivity contribution in [3.63, 3.8) is 0 Å². The second-order valence-electron chi connectivity index (χ2n) is 5.85. The molecule has 5 heteroatoms. The number of carbonyl (C=O) groups is 1. The number of ether oxygens (including phenoxy) is 1. The summed E-state index contributed by atoms with van der Waals surface area (Å²) < 4.78 is 5.00. The second kappa shape index (κ2) is 6.89. The molecule has 2 N–H and O–H groups in total. The van der Waals surface area contributed by atoms with E-state index in [9.17, 15) is 15.0 Å². The zero-order valence-corrected chi connectivity index (χ0v) is 13.5. The fourth-order valence-corrected chi connectivity index (χ4v) is 2.25. The van der Waals surface area contributed by atoms with Crippen molar-refractivity contribution in [3.8, 4) is 0 Å². The largest absolute Gasteiger partial charge is 0.481 e. The number of methoxy groups -OCH3 is 1. The number of carboxylic acids is 1. The standard InChI is InChI=1S/C18H21NO4/c1-12(20)15-7-6-14-5-4-13(10-16(14)19-15)8-9-18(2,11-23-3)17(21)22/h4-10,12,20H,11H2,1-3H3,(H,21,22)/b9-8+/t12-,18?/m1/s1. The number of aromatic nitrogens is 1. The Morgan fingerprint density at radius 2 is 2.09 bits per heavy atom. The summed E-state index contributed by atoms with van der Waals surface area (Å²) in [4.78, 5) is 15.8. The molecule has 0 radical (unpaired) electrons. The zero-order chi connectivity index (χ0) is 17.0. The van der Waals surface area contributed by atoms with Crippen LogP contribution in [-0.4, -0.2) is 34.9 Å². The quantitative estimate of drug-likeness (QED) is 0.856. The molecule has 0 spiro atoms. The van der Waals surface area contributed by atoms with Gasteiger partial charge in [-0.3, -0.25) is 9.78 Å². The lowest BCUT2D eigenvalue weighted by Crippen LogP contribution is -2.30. The van der Waals surface area contributed by atoms with E-state index >= 15 is 0 Å². The minimum atomic E-state index is -1.08. The van der Waals surface area contributed by atoms with E-state index in [1.807, 2.05) is 24.3 Å².